The molecule has 8 nitrogen and oxygen atoms in total. The van der Waals surface area contributed by atoms with Crippen molar-refractivity contribution >= 4 is 6.09 Å². The minimum Gasteiger partial charge on any atom is -0.484 e. The number of aryl methyl sites for hydroxylation is 1. The highest BCUT2D eigenvalue weighted by Crippen LogP contribution is 2.22. The lowest BCUT2D eigenvalue weighted by atomic mass is 10.2. The number of carbonyl (C=O) groups is 1. The second-order valence-corrected chi connectivity index (χ2v) is 6.67. The van der Waals surface area contributed by atoms with Gasteiger partial charge in [-0.3, -0.25) is 0 Å². The van der Waals surface area contributed by atoms with E-state index in [-0.39, 0.29) is 6.61 Å². The van der Waals surface area contributed by atoms with Crippen LogP contribution in [0, 0.1) is 6.92 Å². The summed E-state index contributed by atoms with van der Waals surface area (Å²) in [6, 6.07) is 7.34. The first-order chi connectivity index (χ1) is 12.3. The van der Waals surface area contributed by atoms with Crippen molar-refractivity contribution in [2.45, 2.75) is 39.9 Å². The lowest BCUT2D eigenvalue weighted by Crippen LogP contribution is -2.26. The van der Waals surface area contributed by atoms with Gasteiger partial charge in [0.2, 0.25) is 5.89 Å². The molecule has 1 aromatic carbocycles. The number of rotatable bonds is 4. The van der Waals surface area contributed by atoms with Gasteiger partial charge in [0.05, 0.1) is 5.69 Å². The van der Waals surface area contributed by atoms with Crippen molar-refractivity contribution in [3.63, 3.8) is 0 Å². The minimum atomic E-state index is -0.558. The van der Waals surface area contributed by atoms with Crippen LogP contribution >= 0.6 is 0 Å². The summed E-state index contributed by atoms with van der Waals surface area (Å²) < 4.78 is 17.5. The van der Waals surface area contributed by atoms with Crippen molar-refractivity contribution in [1.82, 2.24) is 19.7 Å². The molecule has 3 rings (SSSR count). The smallest absolute Gasteiger partial charge is 0.419 e. The van der Waals surface area contributed by atoms with Crippen LogP contribution in [0.15, 0.2) is 41.2 Å². The minimum absolute atomic E-state index is 0.202. The van der Waals surface area contributed by atoms with Gasteiger partial charge in [0.1, 0.15) is 17.7 Å². The molecule has 0 aliphatic heterocycles. The van der Waals surface area contributed by atoms with E-state index < -0.39 is 11.7 Å². The van der Waals surface area contributed by atoms with E-state index >= 15 is 0 Å². The van der Waals surface area contributed by atoms with E-state index in [0.29, 0.717) is 23.2 Å². The monoisotopic (exact) mass is 356 g/mol. The van der Waals surface area contributed by atoms with E-state index in [2.05, 4.69) is 15.2 Å². The largest absolute Gasteiger partial charge is 0.484 e. The van der Waals surface area contributed by atoms with E-state index in [1.165, 1.54) is 10.9 Å². The van der Waals surface area contributed by atoms with E-state index in [0.717, 1.165) is 5.56 Å². The Bertz CT molecular complexity index is 891. The summed E-state index contributed by atoms with van der Waals surface area (Å²) in [5.41, 5.74) is 0.959. The van der Waals surface area contributed by atoms with Gasteiger partial charge in [0, 0.05) is 18.7 Å². The molecule has 3 aromatic rings. The SMILES string of the molecule is Cc1nnc(COc2ccc(-c3cn(C(=O)OC(C)(C)C)cn3)cc2)o1. The molecular formula is C18H20N4O4. The van der Waals surface area contributed by atoms with E-state index in [9.17, 15) is 4.79 Å². The number of hydrogen-bond acceptors (Lipinski definition) is 7. The molecule has 0 N–H and O–H groups in total. The molecule has 0 saturated heterocycles. The fraction of sp³-hybridized carbons (Fsp3) is 0.333. The Morgan fingerprint density at radius 1 is 1.19 bits per heavy atom. The molecule has 0 spiro atoms. The third kappa shape index (κ3) is 4.47. The predicted octanol–water partition coefficient (Wildman–Crippen LogP) is 3.60. The molecule has 136 valence electrons. The number of aromatic nitrogens is 4. The quantitative estimate of drug-likeness (QED) is 0.705. The topological polar surface area (TPSA) is 92.3 Å². The third-order valence-corrected chi connectivity index (χ3v) is 3.27. The predicted molar refractivity (Wildman–Crippen MR) is 92.7 cm³/mol. The van der Waals surface area contributed by atoms with Crippen LogP contribution in [0.5, 0.6) is 5.75 Å². The van der Waals surface area contributed by atoms with Gasteiger partial charge in [-0.1, -0.05) is 0 Å². The van der Waals surface area contributed by atoms with Crippen molar-refractivity contribution in [2.24, 2.45) is 0 Å². The highest BCUT2D eigenvalue weighted by atomic mass is 16.6. The zero-order valence-corrected chi connectivity index (χ0v) is 15.1. The first kappa shape index (κ1) is 17.7. The van der Waals surface area contributed by atoms with Gasteiger partial charge in [0.15, 0.2) is 6.61 Å². The summed E-state index contributed by atoms with van der Waals surface area (Å²) in [4.78, 5) is 16.3. The molecule has 0 amide bonds. The van der Waals surface area contributed by atoms with Crippen LogP contribution in [0.25, 0.3) is 11.3 Å². The second-order valence-electron chi connectivity index (χ2n) is 6.67. The molecule has 0 saturated carbocycles. The zero-order chi connectivity index (χ0) is 18.7. The lowest BCUT2D eigenvalue weighted by molar-refractivity contribution is 0.0536. The van der Waals surface area contributed by atoms with Crippen LogP contribution in [-0.2, 0) is 11.3 Å². The maximum atomic E-state index is 12.0. The van der Waals surface area contributed by atoms with Crippen molar-refractivity contribution in [3.8, 4) is 17.0 Å². The second kappa shape index (κ2) is 6.99. The number of nitrogens with zero attached hydrogens (tertiary/aromatic N) is 4. The highest BCUT2D eigenvalue weighted by molar-refractivity contribution is 5.72. The molecular weight excluding hydrogens is 336 g/mol. The molecule has 0 unspecified atom stereocenters. The van der Waals surface area contributed by atoms with Gasteiger partial charge in [-0.15, -0.1) is 10.2 Å². The molecule has 0 atom stereocenters. The average molecular weight is 356 g/mol. The van der Waals surface area contributed by atoms with Crippen LogP contribution in [0.4, 0.5) is 4.79 Å². The van der Waals surface area contributed by atoms with Crippen molar-refractivity contribution in [3.05, 3.63) is 48.6 Å². The van der Waals surface area contributed by atoms with Crippen LogP contribution < -0.4 is 4.74 Å². The number of hydrogen-bond donors (Lipinski definition) is 0. The fourth-order valence-corrected chi connectivity index (χ4v) is 2.15. The van der Waals surface area contributed by atoms with Crippen molar-refractivity contribution < 1.29 is 18.7 Å². The van der Waals surface area contributed by atoms with Crippen LogP contribution in [0.1, 0.15) is 32.6 Å². The number of carbonyl (C=O) groups excluding carboxylic acids is 1. The van der Waals surface area contributed by atoms with Crippen molar-refractivity contribution in [2.75, 3.05) is 0 Å². The summed E-state index contributed by atoms with van der Waals surface area (Å²) in [5.74, 6) is 1.58. The van der Waals surface area contributed by atoms with Gasteiger partial charge < -0.3 is 13.9 Å². The standard InChI is InChI=1S/C18H20N4O4/c1-12-20-21-16(25-12)10-24-14-7-5-13(6-8-14)15-9-22(11-19-15)17(23)26-18(2,3)4/h5-9,11H,10H2,1-4H3. The summed E-state index contributed by atoms with van der Waals surface area (Å²) in [7, 11) is 0. The Balaban J connectivity index is 1.64. The van der Waals surface area contributed by atoms with Gasteiger partial charge in [-0.25, -0.2) is 14.3 Å². The molecule has 2 aromatic heterocycles. The zero-order valence-electron chi connectivity index (χ0n) is 15.1. The highest BCUT2D eigenvalue weighted by Gasteiger charge is 2.18. The van der Waals surface area contributed by atoms with Crippen LogP contribution in [0.3, 0.4) is 0 Å². The molecule has 0 fully saturated rings. The molecule has 0 bridgehead atoms. The van der Waals surface area contributed by atoms with Gasteiger partial charge in [-0.2, -0.15) is 0 Å². The first-order valence-corrected chi connectivity index (χ1v) is 8.10. The fourth-order valence-electron chi connectivity index (χ4n) is 2.15. The van der Waals surface area contributed by atoms with Gasteiger partial charge >= 0.3 is 6.09 Å². The van der Waals surface area contributed by atoms with E-state index in [1.54, 1.807) is 13.1 Å². The normalized spacial score (nSPS) is 11.4. The third-order valence-electron chi connectivity index (χ3n) is 3.27. The maximum Gasteiger partial charge on any atom is 0.419 e. The molecule has 0 radical (unpaired) electrons. The molecule has 2 heterocycles. The van der Waals surface area contributed by atoms with Crippen LogP contribution in [-0.4, -0.2) is 31.4 Å². The summed E-state index contributed by atoms with van der Waals surface area (Å²) in [6.45, 7) is 7.38. The Labute approximate surface area is 150 Å². The van der Waals surface area contributed by atoms with Crippen molar-refractivity contribution in [1.29, 1.82) is 0 Å². The Morgan fingerprint density at radius 3 is 2.54 bits per heavy atom. The summed E-state index contributed by atoms with van der Waals surface area (Å²) in [5, 5.41) is 7.62. The summed E-state index contributed by atoms with van der Waals surface area (Å²) >= 11 is 0. The molecule has 8 heteroatoms. The lowest BCUT2D eigenvalue weighted by Gasteiger charge is -2.19. The van der Waals surface area contributed by atoms with E-state index in [1.807, 2.05) is 45.0 Å². The molecule has 26 heavy (non-hydrogen) atoms. The van der Waals surface area contributed by atoms with Gasteiger partial charge in [0.25, 0.3) is 5.89 Å². The number of ether oxygens (including phenoxy) is 2. The Hall–Kier alpha value is -3.16. The Kier molecular flexibility index (Phi) is 4.75. The number of benzene rings is 1. The molecule has 0 aliphatic carbocycles. The maximum absolute atomic E-state index is 12.0. The Morgan fingerprint density at radius 2 is 1.92 bits per heavy atom. The number of imidazole rings is 1. The average Bonchev–Trinajstić information content (AvgIpc) is 3.21. The van der Waals surface area contributed by atoms with E-state index in [4.69, 9.17) is 13.9 Å². The van der Waals surface area contributed by atoms with Gasteiger partial charge in [-0.05, 0) is 45.0 Å². The van der Waals surface area contributed by atoms with Crippen LogP contribution in [0.2, 0.25) is 0 Å². The molecule has 0 aliphatic rings. The first-order valence-electron chi connectivity index (χ1n) is 8.10. The summed E-state index contributed by atoms with van der Waals surface area (Å²) in [6.07, 6.45) is 2.60.